The number of hydrogen-bond donors (Lipinski definition) is 2. The molecule has 0 saturated carbocycles. The minimum absolute atomic E-state index is 0. The third-order valence-corrected chi connectivity index (χ3v) is 3.25. The largest absolute Gasteiger partial charge is 0.348 e. The first kappa shape index (κ1) is 19.2. The molecule has 0 radical (unpaired) electrons. The lowest BCUT2D eigenvalue weighted by Gasteiger charge is -2.27. The van der Waals surface area contributed by atoms with Crippen LogP contribution in [-0.4, -0.2) is 43.5 Å². The monoisotopic (exact) mass is 319 g/mol. The van der Waals surface area contributed by atoms with E-state index in [2.05, 4.69) is 15.5 Å². The summed E-state index contributed by atoms with van der Waals surface area (Å²) in [6.07, 6.45) is 0. The first-order valence-electron chi connectivity index (χ1n) is 6.53. The van der Waals surface area contributed by atoms with Crippen LogP contribution in [0.15, 0.2) is 30.3 Å². The Hall–Kier alpha value is -0.810. The molecule has 1 aromatic rings. The SMILES string of the molecule is CC(NC(=O)CN1CCNCC1)c1ccccc1.Cl.Cl. The van der Waals surface area contributed by atoms with Crippen molar-refractivity contribution in [1.82, 2.24) is 15.5 Å². The zero-order valence-corrected chi connectivity index (χ0v) is 13.3. The molecule has 1 aromatic carbocycles. The number of hydrogen-bond acceptors (Lipinski definition) is 3. The van der Waals surface area contributed by atoms with Gasteiger partial charge in [0.05, 0.1) is 12.6 Å². The van der Waals surface area contributed by atoms with Crippen molar-refractivity contribution in [1.29, 1.82) is 0 Å². The van der Waals surface area contributed by atoms with Gasteiger partial charge in [0.2, 0.25) is 5.91 Å². The maximum absolute atomic E-state index is 11.9. The Kier molecular flexibility index (Phi) is 9.59. The maximum Gasteiger partial charge on any atom is 0.234 e. The van der Waals surface area contributed by atoms with Crippen LogP contribution in [-0.2, 0) is 4.79 Å². The molecule has 4 nitrogen and oxygen atoms in total. The van der Waals surface area contributed by atoms with Crippen LogP contribution in [0.1, 0.15) is 18.5 Å². The van der Waals surface area contributed by atoms with Gasteiger partial charge < -0.3 is 10.6 Å². The second-order valence-electron chi connectivity index (χ2n) is 4.73. The minimum atomic E-state index is 0. The normalized spacial score (nSPS) is 16.4. The van der Waals surface area contributed by atoms with E-state index in [4.69, 9.17) is 0 Å². The minimum Gasteiger partial charge on any atom is -0.348 e. The zero-order chi connectivity index (χ0) is 12.8. The number of amides is 1. The van der Waals surface area contributed by atoms with Crippen LogP contribution in [0.25, 0.3) is 0 Å². The lowest BCUT2D eigenvalue weighted by molar-refractivity contribution is -0.123. The van der Waals surface area contributed by atoms with Crippen molar-refractivity contribution >= 4 is 30.7 Å². The molecular formula is C14H23Cl2N3O. The molecule has 1 aliphatic rings. The van der Waals surface area contributed by atoms with E-state index in [1.54, 1.807) is 0 Å². The van der Waals surface area contributed by atoms with Crippen molar-refractivity contribution in [2.24, 2.45) is 0 Å². The third-order valence-electron chi connectivity index (χ3n) is 3.25. The molecule has 20 heavy (non-hydrogen) atoms. The molecule has 114 valence electrons. The quantitative estimate of drug-likeness (QED) is 0.886. The summed E-state index contributed by atoms with van der Waals surface area (Å²) in [7, 11) is 0. The highest BCUT2D eigenvalue weighted by atomic mass is 35.5. The molecule has 1 aliphatic heterocycles. The number of piperazine rings is 1. The predicted octanol–water partition coefficient (Wildman–Crippen LogP) is 1.61. The van der Waals surface area contributed by atoms with Crippen molar-refractivity contribution in [2.75, 3.05) is 32.7 Å². The molecule has 1 unspecified atom stereocenters. The fourth-order valence-corrected chi connectivity index (χ4v) is 2.18. The number of rotatable bonds is 4. The topological polar surface area (TPSA) is 44.4 Å². The van der Waals surface area contributed by atoms with E-state index in [0.29, 0.717) is 6.54 Å². The number of nitrogens with one attached hydrogen (secondary N) is 2. The van der Waals surface area contributed by atoms with Crippen molar-refractivity contribution in [3.05, 3.63) is 35.9 Å². The van der Waals surface area contributed by atoms with E-state index in [1.807, 2.05) is 37.3 Å². The number of carbonyl (C=O) groups is 1. The van der Waals surface area contributed by atoms with Gasteiger partial charge >= 0.3 is 0 Å². The van der Waals surface area contributed by atoms with E-state index in [9.17, 15) is 4.79 Å². The Morgan fingerprint density at radius 2 is 1.85 bits per heavy atom. The molecule has 0 aromatic heterocycles. The summed E-state index contributed by atoms with van der Waals surface area (Å²) < 4.78 is 0. The Labute approximate surface area is 133 Å². The number of benzene rings is 1. The molecule has 6 heteroatoms. The first-order chi connectivity index (χ1) is 8.75. The van der Waals surface area contributed by atoms with Gasteiger partial charge in [-0.05, 0) is 12.5 Å². The van der Waals surface area contributed by atoms with Crippen molar-refractivity contribution in [3.8, 4) is 0 Å². The molecule has 2 N–H and O–H groups in total. The van der Waals surface area contributed by atoms with Crippen LogP contribution in [0, 0.1) is 0 Å². The molecule has 2 rings (SSSR count). The van der Waals surface area contributed by atoms with Gasteiger partial charge in [-0.15, -0.1) is 24.8 Å². The van der Waals surface area contributed by atoms with Crippen molar-refractivity contribution in [2.45, 2.75) is 13.0 Å². The van der Waals surface area contributed by atoms with E-state index in [0.717, 1.165) is 31.7 Å². The molecular weight excluding hydrogens is 297 g/mol. The van der Waals surface area contributed by atoms with Crippen LogP contribution in [0.5, 0.6) is 0 Å². The zero-order valence-electron chi connectivity index (χ0n) is 11.7. The van der Waals surface area contributed by atoms with Gasteiger partial charge in [0.25, 0.3) is 0 Å². The number of halogens is 2. The summed E-state index contributed by atoms with van der Waals surface area (Å²) in [5, 5.41) is 6.32. The van der Waals surface area contributed by atoms with Crippen LogP contribution in [0.2, 0.25) is 0 Å². The molecule has 1 fully saturated rings. The summed E-state index contributed by atoms with van der Waals surface area (Å²) in [5.74, 6) is 0.105. The highest BCUT2D eigenvalue weighted by Crippen LogP contribution is 2.10. The molecule has 1 amide bonds. The van der Waals surface area contributed by atoms with Crippen molar-refractivity contribution in [3.63, 3.8) is 0 Å². The Morgan fingerprint density at radius 3 is 2.45 bits per heavy atom. The van der Waals surface area contributed by atoms with E-state index < -0.39 is 0 Å². The van der Waals surface area contributed by atoms with Gasteiger partial charge in [-0.3, -0.25) is 9.69 Å². The second kappa shape index (κ2) is 10.00. The lowest BCUT2D eigenvalue weighted by Crippen LogP contribution is -2.47. The summed E-state index contributed by atoms with van der Waals surface area (Å²) in [4.78, 5) is 14.1. The van der Waals surface area contributed by atoms with Gasteiger partial charge in [0, 0.05) is 26.2 Å². The fourth-order valence-electron chi connectivity index (χ4n) is 2.18. The molecule has 1 heterocycles. The van der Waals surface area contributed by atoms with E-state index >= 15 is 0 Å². The molecule has 1 atom stereocenters. The van der Waals surface area contributed by atoms with Crippen LogP contribution < -0.4 is 10.6 Å². The van der Waals surface area contributed by atoms with Gasteiger partial charge in [-0.2, -0.15) is 0 Å². The van der Waals surface area contributed by atoms with Gasteiger partial charge in [0.1, 0.15) is 0 Å². The lowest BCUT2D eigenvalue weighted by atomic mass is 10.1. The third kappa shape index (κ3) is 6.09. The number of nitrogens with zero attached hydrogens (tertiary/aromatic N) is 1. The van der Waals surface area contributed by atoms with E-state index in [-0.39, 0.29) is 36.8 Å². The fraction of sp³-hybridized carbons (Fsp3) is 0.500. The summed E-state index contributed by atoms with van der Waals surface area (Å²) in [6.45, 7) is 6.37. The highest BCUT2D eigenvalue weighted by molar-refractivity contribution is 5.85. The Bertz CT molecular complexity index is 383. The van der Waals surface area contributed by atoms with Gasteiger partial charge in [-0.25, -0.2) is 0 Å². The highest BCUT2D eigenvalue weighted by Gasteiger charge is 2.15. The van der Waals surface area contributed by atoms with E-state index in [1.165, 1.54) is 0 Å². The molecule has 0 aliphatic carbocycles. The Morgan fingerprint density at radius 1 is 1.25 bits per heavy atom. The maximum atomic E-state index is 11.9. The summed E-state index contributed by atoms with van der Waals surface area (Å²) in [6, 6.07) is 10.1. The van der Waals surface area contributed by atoms with Crippen molar-refractivity contribution < 1.29 is 4.79 Å². The number of carbonyl (C=O) groups excluding carboxylic acids is 1. The molecule has 1 saturated heterocycles. The smallest absolute Gasteiger partial charge is 0.234 e. The molecule has 0 bridgehead atoms. The average molecular weight is 320 g/mol. The first-order valence-corrected chi connectivity index (χ1v) is 6.53. The predicted molar refractivity (Wildman–Crippen MR) is 86.8 cm³/mol. The average Bonchev–Trinajstić information content (AvgIpc) is 2.40. The second-order valence-corrected chi connectivity index (χ2v) is 4.73. The van der Waals surface area contributed by atoms with Gasteiger partial charge in [-0.1, -0.05) is 30.3 Å². The summed E-state index contributed by atoms with van der Waals surface area (Å²) in [5.41, 5.74) is 1.14. The standard InChI is InChI=1S/C14H21N3O.2ClH/c1-12(13-5-3-2-4-6-13)16-14(18)11-17-9-7-15-8-10-17;;/h2-6,12,15H,7-11H2,1H3,(H,16,18);2*1H. The van der Waals surface area contributed by atoms with Gasteiger partial charge in [0.15, 0.2) is 0 Å². The van der Waals surface area contributed by atoms with Crippen LogP contribution in [0.3, 0.4) is 0 Å². The summed E-state index contributed by atoms with van der Waals surface area (Å²) >= 11 is 0. The Balaban J connectivity index is 0.00000180. The van der Waals surface area contributed by atoms with Crippen LogP contribution in [0.4, 0.5) is 0 Å². The molecule has 0 spiro atoms. The van der Waals surface area contributed by atoms with Crippen LogP contribution >= 0.6 is 24.8 Å².